The van der Waals surface area contributed by atoms with E-state index in [2.05, 4.69) is 40.3 Å². The minimum absolute atomic E-state index is 0.160. The summed E-state index contributed by atoms with van der Waals surface area (Å²) in [4.78, 5) is 19.8. The second-order valence-electron chi connectivity index (χ2n) is 7.47. The fourth-order valence-electron chi connectivity index (χ4n) is 3.61. The van der Waals surface area contributed by atoms with Gasteiger partial charge in [-0.2, -0.15) is 0 Å². The number of pyridine rings is 2. The van der Waals surface area contributed by atoms with E-state index in [-0.39, 0.29) is 6.42 Å². The molecule has 4 rings (SSSR count). The molecule has 0 atom stereocenters. The van der Waals surface area contributed by atoms with E-state index in [0.29, 0.717) is 12.2 Å². The Hall–Kier alpha value is -3.47. The highest BCUT2D eigenvalue weighted by atomic mass is 16.4. The van der Waals surface area contributed by atoms with Gasteiger partial charge in [-0.25, -0.2) is 4.98 Å². The van der Waals surface area contributed by atoms with E-state index in [1.165, 1.54) is 5.56 Å². The number of fused-ring (bicyclic) bond motifs is 3. The van der Waals surface area contributed by atoms with Crippen molar-refractivity contribution in [2.45, 2.75) is 32.6 Å². The average Bonchev–Trinajstić information content (AvgIpc) is 2.71. The molecule has 4 aromatic rings. The lowest BCUT2D eigenvalue weighted by Crippen LogP contribution is -1.99. The molecule has 5 nitrogen and oxygen atoms in total. The summed E-state index contributed by atoms with van der Waals surface area (Å²) >= 11 is 0. The minimum Gasteiger partial charge on any atom is -0.481 e. The Morgan fingerprint density at radius 1 is 0.931 bits per heavy atom. The van der Waals surface area contributed by atoms with E-state index in [0.717, 1.165) is 51.3 Å². The van der Waals surface area contributed by atoms with E-state index in [1.807, 2.05) is 31.3 Å². The Kier molecular flexibility index (Phi) is 5.12. The van der Waals surface area contributed by atoms with Gasteiger partial charge in [-0.3, -0.25) is 9.78 Å². The highest BCUT2D eigenvalue weighted by Gasteiger charge is 2.09. The molecule has 0 amide bonds. The fourth-order valence-corrected chi connectivity index (χ4v) is 3.61. The number of hydrogen-bond donors (Lipinski definition) is 2. The third kappa shape index (κ3) is 4.19. The zero-order valence-electron chi connectivity index (χ0n) is 16.4. The second kappa shape index (κ2) is 7.87. The fraction of sp³-hybridized carbons (Fsp3) is 0.208. The SMILES string of the molecule is Cc1ccc2c(c1)nc(N)c1ncc(CCc3ccc(CCC(=O)O)cc3)cc12. The molecule has 0 aliphatic rings. The molecule has 0 aliphatic heterocycles. The van der Waals surface area contributed by atoms with Crippen LogP contribution in [0, 0.1) is 6.92 Å². The molecule has 29 heavy (non-hydrogen) atoms. The number of carbonyl (C=O) groups is 1. The van der Waals surface area contributed by atoms with Crippen LogP contribution in [0.5, 0.6) is 0 Å². The molecule has 0 saturated carbocycles. The number of nitrogens with zero attached hydrogens (tertiary/aromatic N) is 2. The van der Waals surface area contributed by atoms with Crippen LogP contribution in [0.4, 0.5) is 5.82 Å². The summed E-state index contributed by atoms with van der Waals surface area (Å²) in [7, 11) is 0. The first-order valence-electron chi connectivity index (χ1n) is 9.74. The molecule has 0 saturated heterocycles. The molecule has 2 heterocycles. The first kappa shape index (κ1) is 18.9. The van der Waals surface area contributed by atoms with Gasteiger partial charge < -0.3 is 10.8 Å². The number of benzene rings is 2. The molecular weight excluding hydrogens is 362 g/mol. The van der Waals surface area contributed by atoms with Gasteiger partial charge in [0.2, 0.25) is 0 Å². The van der Waals surface area contributed by atoms with Crippen molar-refractivity contribution < 1.29 is 9.90 Å². The van der Waals surface area contributed by atoms with Gasteiger partial charge in [0.1, 0.15) is 5.52 Å². The molecule has 0 fully saturated rings. The summed E-state index contributed by atoms with van der Waals surface area (Å²) in [6.07, 6.45) is 4.36. The Labute approximate surface area is 169 Å². The smallest absolute Gasteiger partial charge is 0.303 e. The van der Waals surface area contributed by atoms with Crippen molar-refractivity contribution in [2.24, 2.45) is 0 Å². The van der Waals surface area contributed by atoms with Crippen LogP contribution in [0.25, 0.3) is 21.8 Å². The minimum atomic E-state index is -0.767. The molecule has 146 valence electrons. The predicted octanol–water partition coefficient (Wildman–Crippen LogP) is 4.48. The van der Waals surface area contributed by atoms with Gasteiger partial charge in [0.15, 0.2) is 5.82 Å². The third-order valence-corrected chi connectivity index (χ3v) is 5.22. The number of carboxylic acids is 1. The molecule has 2 aromatic heterocycles. The average molecular weight is 385 g/mol. The third-order valence-electron chi connectivity index (χ3n) is 5.22. The van der Waals surface area contributed by atoms with E-state index in [1.54, 1.807) is 0 Å². The van der Waals surface area contributed by atoms with Crippen molar-refractivity contribution in [1.29, 1.82) is 0 Å². The van der Waals surface area contributed by atoms with Crippen molar-refractivity contribution in [1.82, 2.24) is 9.97 Å². The van der Waals surface area contributed by atoms with Crippen molar-refractivity contribution in [3.8, 4) is 0 Å². The van der Waals surface area contributed by atoms with Gasteiger partial charge in [0.25, 0.3) is 0 Å². The first-order chi connectivity index (χ1) is 14.0. The van der Waals surface area contributed by atoms with Gasteiger partial charge in [0, 0.05) is 23.4 Å². The number of hydrogen-bond acceptors (Lipinski definition) is 4. The van der Waals surface area contributed by atoms with E-state index in [4.69, 9.17) is 10.8 Å². The molecule has 0 spiro atoms. The van der Waals surface area contributed by atoms with Crippen LogP contribution >= 0.6 is 0 Å². The van der Waals surface area contributed by atoms with Crippen LogP contribution in [0.15, 0.2) is 54.7 Å². The topological polar surface area (TPSA) is 89.1 Å². The number of aliphatic carboxylic acids is 1. The quantitative estimate of drug-likeness (QED) is 0.478. The van der Waals surface area contributed by atoms with Gasteiger partial charge in [-0.15, -0.1) is 0 Å². The highest BCUT2D eigenvalue weighted by molar-refractivity contribution is 6.08. The molecule has 0 unspecified atom stereocenters. The number of rotatable bonds is 6. The van der Waals surface area contributed by atoms with Crippen LogP contribution < -0.4 is 5.73 Å². The van der Waals surface area contributed by atoms with Crippen LogP contribution in [-0.4, -0.2) is 21.0 Å². The van der Waals surface area contributed by atoms with Crippen LogP contribution in [-0.2, 0) is 24.1 Å². The summed E-state index contributed by atoms with van der Waals surface area (Å²) in [5.41, 5.74) is 12.3. The van der Waals surface area contributed by atoms with Crippen molar-refractivity contribution >= 4 is 33.6 Å². The zero-order chi connectivity index (χ0) is 20.4. The molecule has 0 bridgehead atoms. The lowest BCUT2D eigenvalue weighted by Gasteiger charge is -2.09. The maximum Gasteiger partial charge on any atom is 0.303 e. The van der Waals surface area contributed by atoms with Gasteiger partial charge in [-0.05, 0) is 60.6 Å². The Morgan fingerprint density at radius 2 is 1.62 bits per heavy atom. The molecule has 3 N–H and O–H groups in total. The number of aryl methyl sites for hydroxylation is 4. The van der Waals surface area contributed by atoms with E-state index >= 15 is 0 Å². The maximum absolute atomic E-state index is 10.7. The summed E-state index contributed by atoms with van der Waals surface area (Å²) in [5, 5.41) is 10.9. The second-order valence-corrected chi connectivity index (χ2v) is 7.47. The van der Waals surface area contributed by atoms with Crippen LogP contribution in [0.2, 0.25) is 0 Å². The molecule has 2 aromatic carbocycles. The van der Waals surface area contributed by atoms with Gasteiger partial charge >= 0.3 is 5.97 Å². The number of nitrogen functional groups attached to an aromatic ring is 1. The Morgan fingerprint density at radius 3 is 2.34 bits per heavy atom. The summed E-state index contributed by atoms with van der Waals surface area (Å²) in [6, 6.07) is 16.6. The number of aromatic nitrogens is 2. The number of anilines is 1. The maximum atomic E-state index is 10.7. The Bertz CT molecular complexity index is 1200. The van der Waals surface area contributed by atoms with E-state index < -0.39 is 5.97 Å². The Balaban J connectivity index is 1.55. The molecule has 0 aliphatic carbocycles. The normalized spacial score (nSPS) is 11.2. The summed E-state index contributed by atoms with van der Waals surface area (Å²) in [6.45, 7) is 2.04. The number of nitrogens with two attached hydrogens (primary N) is 1. The van der Waals surface area contributed by atoms with E-state index in [9.17, 15) is 4.79 Å². The molecular formula is C24H23N3O2. The highest BCUT2D eigenvalue weighted by Crippen LogP contribution is 2.28. The number of carboxylic acid groups (broad SMARTS) is 1. The lowest BCUT2D eigenvalue weighted by molar-refractivity contribution is -0.136. The van der Waals surface area contributed by atoms with Gasteiger partial charge in [-0.1, -0.05) is 36.4 Å². The van der Waals surface area contributed by atoms with Crippen molar-refractivity contribution in [3.05, 3.63) is 77.0 Å². The first-order valence-corrected chi connectivity index (χ1v) is 9.74. The zero-order valence-corrected chi connectivity index (χ0v) is 16.4. The van der Waals surface area contributed by atoms with Crippen LogP contribution in [0.3, 0.4) is 0 Å². The standard InChI is InChI=1S/C24H23N3O2/c1-15-2-10-19-20-13-18(14-26-23(20)24(25)27-21(19)12-15)8-7-16-3-5-17(6-4-16)9-11-22(28)29/h2-6,10,12-14H,7-9,11H2,1H3,(H2,25,27)(H,28,29). The lowest BCUT2D eigenvalue weighted by atomic mass is 10.0. The summed E-state index contributed by atoms with van der Waals surface area (Å²) in [5.74, 6) is -0.307. The molecule has 5 heteroatoms. The molecule has 0 radical (unpaired) electrons. The van der Waals surface area contributed by atoms with Crippen molar-refractivity contribution in [3.63, 3.8) is 0 Å². The largest absolute Gasteiger partial charge is 0.481 e. The van der Waals surface area contributed by atoms with Crippen LogP contribution in [0.1, 0.15) is 28.7 Å². The summed E-state index contributed by atoms with van der Waals surface area (Å²) < 4.78 is 0. The monoisotopic (exact) mass is 385 g/mol. The van der Waals surface area contributed by atoms with Crippen molar-refractivity contribution in [2.75, 3.05) is 5.73 Å². The van der Waals surface area contributed by atoms with Gasteiger partial charge in [0.05, 0.1) is 5.52 Å². The predicted molar refractivity (Wildman–Crippen MR) is 116 cm³/mol.